The van der Waals surface area contributed by atoms with Crippen LogP contribution < -0.4 is 10.6 Å². The van der Waals surface area contributed by atoms with Crippen LogP contribution in [0, 0.1) is 0 Å². The van der Waals surface area contributed by atoms with Crippen LogP contribution in [0.25, 0.3) is 0 Å². The number of sulfone groups is 1. The predicted molar refractivity (Wildman–Crippen MR) is 80.9 cm³/mol. The quantitative estimate of drug-likeness (QED) is 0.878. The Bertz CT molecular complexity index is 624. The van der Waals surface area contributed by atoms with Crippen LogP contribution in [0.2, 0.25) is 0 Å². The normalized spacial score (nSPS) is 25.2. The first-order chi connectivity index (χ1) is 9.99. The molecule has 0 bridgehead atoms. The Kier molecular flexibility index (Phi) is 3.65. The monoisotopic (exact) mass is 308 g/mol. The number of benzene rings is 1. The number of carbonyl (C=O) groups is 1. The molecule has 1 atom stereocenters. The van der Waals surface area contributed by atoms with Crippen LogP contribution in [0.5, 0.6) is 0 Å². The summed E-state index contributed by atoms with van der Waals surface area (Å²) in [6, 6.07) is 9.69. The third-order valence-electron chi connectivity index (χ3n) is 4.39. The molecule has 0 unspecified atom stereocenters. The topological polar surface area (TPSA) is 75.3 Å². The van der Waals surface area contributed by atoms with Crippen LogP contribution in [0.15, 0.2) is 30.3 Å². The number of hydrogen-bond donors (Lipinski definition) is 2. The maximum atomic E-state index is 11.9. The maximum Gasteiger partial charge on any atom is 0.315 e. The Morgan fingerprint density at radius 2 is 1.95 bits per heavy atom. The smallest absolute Gasteiger partial charge is 0.315 e. The summed E-state index contributed by atoms with van der Waals surface area (Å²) in [6.07, 6.45) is 2.67. The summed E-state index contributed by atoms with van der Waals surface area (Å²) in [6.45, 7) is 0.600. The number of hydrogen-bond acceptors (Lipinski definition) is 3. The van der Waals surface area contributed by atoms with Crippen molar-refractivity contribution in [1.29, 1.82) is 0 Å². The number of rotatable bonds is 4. The van der Waals surface area contributed by atoms with Gasteiger partial charge in [0, 0.05) is 18.0 Å². The van der Waals surface area contributed by atoms with Gasteiger partial charge in [-0.2, -0.15) is 0 Å². The van der Waals surface area contributed by atoms with Gasteiger partial charge in [0.1, 0.15) is 0 Å². The summed E-state index contributed by atoms with van der Waals surface area (Å²) in [5.41, 5.74) is 1.33. The second kappa shape index (κ2) is 5.33. The molecule has 1 aromatic carbocycles. The highest BCUT2D eigenvalue weighted by Crippen LogP contribution is 2.47. The van der Waals surface area contributed by atoms with Gasteiger partial charge in [-0.15, -0.1) is 0 Å². The fourth-order valence-corrected chi connectivity index (χ4v) is 4.58. The van der Waals surface area contributed by atoms with Crippen LogP contribution in [-0.4, -0.2) is 38.5 Å². The molecule has 1 saturated heterocycles. The molecule has 3 rings (SSSR count). The zero-order valence-corrected chi connectivity index (χ0v) is 12.7. The third-order valence-corrected chi connectivity index (χ3v) is 6.16. The second-order valence-corrected chi connectivity index (χ2v) is 8.30. The first-order valence-corrected chi connectivity index (χ1v) is 9.12. The Balaban J connectivity index is 1.51. The molecule has 1 saturated carbocycles. The first kappa shape index (κ1) is 14.4. The van der Waals surface area contributed by atoms with Gasteiger partial charge in [0.2, 0.25) is 0 Å². The molecule has 21 heavy (non-hydrogen) atoms. The van der Waals surface area contributed by atoms with E-state index in [0.29, 0.717) is 13.0 Å². The van der Waals surface area contributed by atoms with E-state index in [1.165, 1.54) is 5.56 Å². The van der Waals surface area contributed by atoms with Crippen molar-refractivity contribution in [1.82, 2.24) is 10.6 Å². The average molecular weight is 308 g/mol. The van der Waals surface area contributed by atoms with Gasteiger partial charge in [-0.05, 0) is 24.8 Å². The molecule has 2 fully saturated rings. The lowest BCUT2D eigenvalue weighted by Crippen LogP contribution is -2.45. The van der Waals surface area contributed by atoms with Gasteiger partial charge >= 0.3 is 6.03 Å². The molecule has 2 amide bonds. The van der Waals surface area contributed by atoms with Crippen molar-refractivity contribution < 1.29 is 13.2 Å². The molecule has 2 aliphatic rings. The lowest BCUT2D eigenvalue weighted by molar-refractivity contribution is 0.237. The Hall–Kier alpha value is -1.56. The molecular formula is C15H20N2O3S. The summed E-state index contributed by atoms with van der Waals surface area (Å²) in [5.74, 6) is 0.232. The van der Waals surface area contributed by atoms with Gasteiger partial charge < -0.3 is 10.6 Å². The van der Waals surface area contributed by atoms with Crippen molar-refractivity contribution in [3.05, 3.63) is 35.9 Å². The number of nitrogens with one attached hydrogen (secondary N) is 2. The molecule has 5 nitrogen and oxygen atoms in total. The largest absolute Gasteiger partial charge is 0.337 e. The van der Waals surface area contributed by atoms with E-state index in [2.05, 4.69) is 22.8 Å². The van der Waals surface area contributed by atoms with Crippen LogP contribution in [0.4, 0.5) is 4.79 Å². The SMILES string of the molecule is O=C(NCC1(c2ccccc2)CC1)N[C@H]1CCS(=O)(=O)C1. The Morgan fingerprint density at radius 3 is 2.52 bits per heavy atom. The number of urea groups is 1. The van der Waals surface area contributed by atoms with Gasteiger partial charge in [-0.1, -0.05) is 30.3 Å². The van der Waals surface area contributed by atoms with Gasteiger partial charge in [0.05, 0.1) is 11.5 Å². The zero-order valence-electron chi connectivity index (χ0n) is 11.8. The van der Waals surface area contributed by atoms with Crippen molar-refractivity contribution in [2.24, 2.45) is 0 Å². The highest BCUT2D eigenvalue weighted by atomic mass is 32.2. The van der Waals surface area contributed by atoms with Gasteiger partial charge in [-0.25, -0.2) is 13.2 Å². The number of carbonyl (C=O) groups excluding carboxylic acids is 1. The minimum absolute atomic E-state index is 0.0598. The van der Waals surface area contributed by atoms with Crippen molar-refractivity contribution in [2.45, 2.75) is 30.7 Å². The van der Waals surface area contributed by atoms with E-state index >= 15 is 0 Å². The van der Waals surface area contributed by atoms with E-state index in [1.54, 1.807) is 0 Å². The standard InChI is InChI=1S/C15H20N2O3S/c18-14(17-13-6-9-21(19,20)10-13)16-11-15(7-8-15)12-4-2-1-3-5-12/h1-5,13H,6-11H2,(H2,16,17,18)/t13-/m0/s1. The third kappa shape index (κ3) is 3.37. The Labute approximate surface area is 125 Å². The second-order valence-electron chi connectivity index (χ2n) is 6.07. The fraction of sp³-hybridized carbons (Fsp3) is 0.533. The van der Waals surface area contributed by atoms with Crippen molar-refractivity contribution in [3.8, 4) is 0 Å². The van der Waals surface area contributed by atoms with E-state index in [0.717, 1.165) is 12.8 Å². The molecule has 1 heterocycles. The predicted octanol–water partition coefficient (Wildman–Crippen LogP) is 1.20. The lowest BCUT2D eigenvalue weighted by atomic mass is 9.96. The molecule has 0 spiro atoms. The summed E-state index contributed by atoms with van der Waals surface area (Å²) >= 11 is 0. The molecule has 0 radical (unpaired) electrons. The highest BCUT2D eigenvalue weighted by molar-refractivity contribution is 7.91. The number of amides is 2. The Morgan fingerprint density at radius 1 is 1.24 bits per heavy atom. The molecule has 6 heteroatoms. The molecular weight excluding hydrogens is 288 g/mol. The van der Waals surface area contributed by atoms with Crippen LogP contribution >= 0.6 is 0 Å². The maximum absolute atomic E-state index is 11.9. The van der Waals surface area contributed by atoms with E-state index < -0.39 is 9.84 Å². The van der Waals surface area contributed by atoms with Gasteiger partial charge in [0.15, 0.2) is 9.84 Å². The summed E-state index contributed by atoms with van der Waals surface area (Å²) in [5, 5.41) is 5.65. The average Bonchev–Trinajstić information content (AvgIpc) is 3.18. The zero-order chi connectivity index (χ0) is 14.9. The summed E-state index contributed by atoms with van der Waals surface area (Å²) < 4.78 is 22.7. The summed E-state index contributed by atoms with van der Waals surface area (Å²) in [7, 11) is -2.96. The van der Waals surface area contributed by atoms with E-state index in [4.69, 9.17) is 0 Å². The van der Waals surface area contributed by atoms with Crippen LogP contribution in [0.3, 0.4) is 0 Å². The van der Waals surface area contributed by atoms with Crippen molar-refractivity contribution in [3.63, 3.8) is 0 Å². The molecule has 2 N–H and O–H groups in total. The van der Waals surface area contributed by atoms with E-state index in [-0.39, 0.29) is 29.0 Å². The minimum Gasteiger partial charge on any atom is -0.337 e. The van der Waals surface area contributed by atoms with E-state index in [1.807, 2.05) is 18.2 Å². The highest BCUT2D eigenvalue weighted by Gasteiger charge is 2.44. The van der Waals surface area contributed by atoms with Gasteiger partial charge in [-0.3, -0.25) is 0 Å². The van der Waals surface area contributed by atoms with E-state index in [9.17, 15) is 13.2 Å². The molecule has 114 valence electrons. The molecule has 1 aliphatic heterocycles. The molecule has 1 aromatic rings. The molecule has 1 aliphatic carbocycles. The fourth-order valence-electron chi connectivity index (χ4n) is 2.90. The first-order valence-electron chi connectivity index (χ1n) is 7.29. The summed E-state index contributed by atoms with van der Waals surface area (Å²) in [4.78, 5) is 11.9. The van der Waals surface area contributed by atoms with Crippen molar-refractivity contribution in [2.75, 3.05) is 18.1 Å². The van der Waals surface area contributed by atoms with Gasteiger partial charge in [0.25, 0.3) is 0 Å². The van der Waals surface area contributed by atoms with Crippen molar-refractivity contribution >= 4 is 15.9 Å². The van der Waals surface area contributed by atoms with Crippen LogP contribution in [-0.2, 0) is 15.3 Å². The molecule has 0 aromatic heterocycles. The van der Waals surface area contributed by atoms with Crippen LogP contribution in [0.1, 0.15) is 24.8 Å². The lowest BCUT2D eigenvalue weighted by Gasteiger charge is -2.18. The minimum atomic E-state index is -2.96.